The molecule has 122 valence electrons. The lowest BCUT2D eigenvalue weighted by Crippen LogP contribution is -2.49. The van der Waals surface area contributed by atoms with Crippen LogP contribution in [0.3, 0.4) is 0 Å². The minimum atomic E-state index is -0.369. The molecule has 8 heteroatoms. The van der Waals surface area contributed by atoms with E-state index >= 15 is 0 Å². The molecule has 1 aromatic heterocycles. The molecule has 23 heavy (non-hydrogen) atoms. The number of carbonyl (C=O) groups excluding carboxylic acids is 1. The van der Waals surface area contributed by atoms with E-state index in [2.05, 4.69) is 15.4 Å². The van der Waals surface area contributed by atoms with Crippen molar-refractivity contribution in [1.82, 2.24) is 25.1 Å². The van der Waals surface area contributed by atoms with Gasteiger partial charge in [-0.15, -0.1) is 10.2 Å². The summed E-state index contributed by atoms with van der Waals surface area (Å²) in [7, 11) is 0. The van der Waals surface area contributed by atoms with Crippen molar-refractivity contribution in [3.05, 3.63) is 30.1 Å². The fourth-order valence-corrected chi connectivity index (χ4v) is 2.66. The normalized spacial score (nSPS) is 21.4. The number of hydrogen-bond acceptors (Lipinski definition) is 5. The quantitative estimate of drug-likeness (QED) is 0.847. The lowest BCUT2D eigenvalue weighted by atomic mass is 10.2. The van der Waals surface area contributed by atoms with Crippen LogP contribution in [0, 0.1) is 5.82 Å². The van der Waals surface area contributed by atoms with Gasteiger partial charge < -0.3 is 9.64 Å². The van der Waals surface area contributed by atoms with Crippen molar-refractivity contribution < 1.29 is 13.9 Å². The second kappa shape index (κ2) is 6.41. The number of halogens is 1. The van der Waals surface area contributed by atoms with Crippen LogP contribution in [0.4, 0.5) is 4.39 Å². The number of tetrazole rings is 1. The van der Waals surface area contributed by atoms with E-state index in [0.717, 1.165) is 0 Å². The number of rotatable bonds is 3. The Kier molecular flexibility index (Phi) is 4.33. The van der Waals surface area contributed by atoms with E-state index in [9.17, 15) is 9.18 Å². The summed E-state index contributed by atoms with van der Waals surface area (Å²) in [5, 5.41) is 11.9. The number of hydrogen-bond donors (Lipinski definition) is 0. The van der Waals surface area contributed by atoms with E-state index in [-0.39, 0.29) is 30.5 Å². The Hall–Kier alpha value is -2.35. The Bertz CT molecular complexity index is 695. The molecule has 3 rings (SSSR count). The first-order valence-electron chi connectivity index (χ1n) is 7.48. The Morgan fingerprint density at radius 1 is 1.35 bits per heavy atom. The molecule has 1 amide bonds. The molecular weight excluding hydrogens is 301 g/mol. The maximum atomic E-state index is 13.2. The van der Waals surface area contributed by atoms with Crippen molar-refractivity contribution >= 4 is 5.91 Å². The van der Waals surface area contributed by atoms with Gasteiger partial charge in [-0.3, -0.25) is 4.79 Å². The van der Waals surface area contributed by atoms with Gasteiger partial charge in [0.2, 0.25) is 11.7 Å². The van der Waals surface area contributed by atoms with E-state index in [1.807, 2.05) is 13.8 Å². The third kappa shape index (κ3) is 3.70. The second-order valence-corrected chi connectivity index (χ2v) is 5.71. The average Bonchev–Trinajstić information content (AvgIpc) is 2.95. The molecule has 0 saturated carbocycles. The number of ether oxygens (including phenoxy) is 1. The van der Waals surface area contributed by atoms with Gasteiger partial charge in [0, 0.05) is 18.7 Å². The van der Waals surface area contributed by atoms with Gasteiger partial charge in [-0.2, -0.15) is 4.80 Å². The highest BCUT2D eigenvalue weighted by atomic mass is 19.1. The molecule has 1 aliphatic rings. The molecule has 0 bridgehead atoms. The van der Waals surface area contributed by atoms with Crippen molar-refractivity contribution in [2.75, 3.05) is 13.1 Å². The summed E-state index contributed by atoms with van der Waals surface area (Å²) in [6.07, 6.45) is 0.0171. The summed E-state index contributed by atoms with van der Waals surface area (Å²) in [5.41, 5.74) is 0.525. The van der Waals surface area contributed by atoms with Crippen LogP contribution in [-0.2, 0) is 16.1 Å². The molecule has 1 saturated heterocycles. The summed E-state index contributed by atoms with van der Waals surface area (Å²) < 4.78 is 18.8. The van der Waals surface area contributed by atoms with Gasteiger partial charge in [-0.1, -0.05) is 12.1 Å². The predicted octanol–water partition coefficient (Wildman–Crippen LogP) is 1.11. The van der Waals surface area contributed by atoms with E-state index in [4.69, 9.17) is 4.74 Å². The lowest BCUT2D eigenvalue weighted by molar-refractivity contribution is -0.144. The van der Waals surface area contributed by atoms with Gasteiger partial charge in [0.15, 0.2) is 0 Å². The Morgan fingerprint density at radius 3 is 2.78 bits per heavy atom. The molecular formula is C15H18FN5O2. The van der Waals surface area contributed by atoms with Crippen LogP contribution in [-0.4, -0.2) is 56.3 Å². The molecule has 0 aliphatic carbocycles. The van der Waals surface area contributed by atoms with Crippen molar-refractivity contribution in [3.8, 4) is 11.4 Å². The molecule has 2 aromatic rings. The van der Waals surface area contributed by atoms with Gasteiger partial charge in [0.1, 0.15) is 12.4 Å². The summed E-state index contributed by atoms with van der Waals surface area (Å²) >= 11 is 0. The van der Waals surface area contributed by atoms with Gasteiger partial charge in [-0.25, -0.2) is 4.39 Å². The standard InChI is InChI=1S/C15H18FN5O2/c1-10-7-20(8-11(2)23-10)14(22)9-21-18-15(17-19-21)12-4-3-5-13(16)6-12/h3-6,10-11H,7-9H2,1-2H3/t10-,11-/m0/s1. The van der Waals surface area contributed by atoms with Crippen LogP contribution < -0.4 is 0 Å². The van der Waals surface area contributed by atoms with E-state index in [0.29, 0.717) is 24.5 Å². The molecule has 1 fully saturated rings. The maximum Gasteiger partial charge on any atom is 0.246 e. The van der Waals surface area contributed by atoms with Crippen LogP contribution in [0.2, 0.25) is 0 Å². The summed E-state index contributed by atoms with van der Waals surface area (Å²) in [6, 6.07) is 5.94. The summed E-state index contributed by atoms with van der Waals surface area (Å²) in [6.45, 7) is 4.97. The van der Waals surface area contributed by atoms with Gasteiger partial charge in [-0.05, 0) is 31.2 Å². The SMILES string of the molecule is C[C@H]1CN(C(=O)Cn2nnc(-c3cccc(F)c3)n2)C[C@H](C)O1. The highest BCUT2D eigenvalue weighted by Gasteiger charge is 2.26. The van der Waals surface area contributed by atoms with Crippen molar-refractivity contribution in [2.45, 2.75) is 32.6 Å². The summed E-state index contributed by atoms with van der Waals surface area (Å²) in [4.78, 5) is 15.3. The zero-order valence-corrected chi connectivity index (χ0v) is 13.0. The molecule has 0 spiro atoms. The summed E-state index contributed by atoms with van der Waals surface area (Å²) in [5.74, 6) is -0.164. The highest BCUT2D eigenvalue weighted by molar-refractivity contribution is 5.76. The molecule has 2 heterocycles. The smallest absolute Gasteiger partial charge is 0.246 e. The number of amides is 1. The first-order chi connectivity index (χ1) is 11.0. The van der Waals surface area contributed by atoms with Crippen LogP contribution >= 0.6 is 0 Å². The maximum absolute atomic E-state index is 13.2. The molecule has 0 unspecified atom stereocenters. The number of benzene rings is 1. The van der Waals surface area contributed by atoms with E-state index in [1.165, 1.54) is 16.9 Å². The Balaban J connectivity index is 1.68. The zero-order valence-electron chi connectivity index (χ0n) is 13.0. The van der Waals surface area contributed by atoms with Gasteiger partial charge >= 0.3 is 0 Å². The Labute approximate surface area is 133 Å². The van der Waals surface area contributed by atoms with E-state index in [1.54, 1.807) is 17.0 Å². The van der Waals surface area contributed by atoms with E-state index < -0.39 is 0 Å². The number of morpholine rings is 1. The topological polar surface area (TPSA) is 73.1 Å². The monoisotopic (exact) mass is 319 g/mol. The lowest BCUT2D eigenvalue weighted by Gasteiger charge is -2.35. The fraction of sp³-hybridized carbons (Fsp3) is 0.467. The molecule has 7 nitrogen and oxygen atoms in total. The fourth-order valence-electron chi connectivity index (χ4n) is 2.66. The Morgan fingerprint density at radius 2 is 2.09 bits per heavy atom. The molecule has 2 atom stereocenters. The van der Waals surface area contributed by atoms with Gasteiger partial charge in [0.25, 0.3) is 0 Å². The molecule has 1 aliphatic heterocycles. The van der Waals surface area contributed by atoms with Crippen LogP contribution in [0.15, 0.2) is 24.3 Å². The second-order valence-electron chi connectivity index (χ2n) is 5.71. The third-order valence-electron chi connectivity index (χ3n) is 3.58. The van der Waals surface area contributed by atoms with Crippen LogP contribution in [0.25, 0.3) is 11.4 Å². The largest absolute Gasteiger partial charge is 0.372 e. The molecule has 1 aromatic carbocycles. The van der Waals surface area contributed by atoms with Crippen molar-refractivity contribution in [3.63, 3.8) is 0 Å². The first kappa shape index (κ1) is 15.5. The predicted molar refractivity (Wildman–Crippen MR) is 79.8 cm³/mol. The minimum absolute atomic E-state index is 0.00174. The minimum Gasteiger partial charge on any atom is -0.372 e. The first-order valence-corrected chi connectivity index (χ1v) is 7.48. The average molecular weight is 319 g/mol. The zero-order chi connectivity index (χ0) is 16.4. The van der Waals surface area contributed by atoms with Crippen molar-refractivity contribution in [1.29, 1.82) is 0 Å². The number of carbonyl (C=O) groups is 1. The number of nitrogens with zero attached hydrogens (tertiary/aromatic N) is 5. The highest BCUT2D eigenvalue weighted by Crippen LogP contribution is 2.15. The molecule has 0 N–H and O–H groups in total. The van der Waals surface area contributed by atoms with Gasteiger partial charge in [0.05, 0.1) is 12.2 Å². The third-order valence-corrected chi connectivity index (χ3v) is 3.58. The number of aromatic nitrogens is 4. The van der Waals surface area contributed by atoms with Crippen LogP contribution in [0.5, 0.6) is 0 Å². The molecule has 0 radical (unpaired) electrons. The van der Waals surface area contributed by atoms with Crippen LogP contribution in [0.1, 0.15) is 13.8 Å². The van der Waals surface area contributed by atoms with Crippen molar-refractivity contribution in [2.24, 2.45) is 0 Å².